The summed E-state index contributed by atoms with van der Waals surface area (Å²) in [5, 5.41) is 15.5. The Morgan fingerprint density at radius 1 is 0.250 bits per heavy atom. The lowest BCUT2D eigenvalue weighted by molar-refractivity contribution is 1.70. The summed E-state index contributed by atoms with van der Waals surface area (Å²) in [4.78, 5) is 0. The van der Waals surface area contributed by atoms with E-state index in [1.807, 2.05) is 0 Å². The summed E-state index contributed by atoms with van der Waals surface area (Å²) in [6, 6.07) is 49.3. The van der Waals surface area contributed by atoms with E-state index >= 15 is 0 Å². The van der Waals surface area contributed by atoms with Crippen LogP contribution in [0.3, 0.4) is 0 Å². The Labute approximate surface area is 209 Å². The summed E-state index contributed by atoms with van der Waals surface area (Å²) in [7, 11) is 0. The first kappa shape index (κ1) is 19.6. The molecule has 0 aliphatic heterocycles. The van der Waals surface area contributed by atoms with Crippen molar-refractivity contribution >= 4 is 64.6 Å². The summed E-state index contributed by atoms with van der Waals surface area (Å²) < 4.78 is 0. The standard InChI is InChI=1S/C36H22/c1-2-8-25-19-30-22-28-21-27(13-12-26(28)20-29(30)18-24(25)7-1)32-10-5-11-33-35(32)17-16-34-31-9-4-3-6-23(31)14-15-36(33)34/h1-22H. The van der Waals surface area contributed by atoms with E-state index in [1.165, 1.54) is 75.8 Å². The van der Waals surface area contributed by atoms with E-state index in [0.717, 1.165) is 0 Å². The van der Waals surface area contributed by atoms with Crippen LogP contribution in [0.4, 0.5) is 0 Å². The highest BCUT2D eigenvalue weighted by Crippen LogP contribution is 2.37. The van der Waals surface area contributed by atoms with E-state index < -0.39 is 0 Å². The Hall–Kier alpha value is -4.68. The first-order valence-corrected chi connectivity index (χ1v) is 12.5. The van der Waals surface area contributed by atoms with Crippen molar-refractivity contribution in [3.05, 3.63) is 133 Å². The van der Waals surface area contributed by atoms with Gasteiger partial charge in [0.05, 0.1) is 0 Å². The molecule has 8 rings (SSSR count). The maximum absolute atomic E-state index is 2.35. The molecular weight excluding hydrogens is 432 g/mol. The van der Waals surface area contributed by atoms with E-state index in [9.17, 15) is 0 Å². The lowest BCUT2D eigenvalue weighted by Crippen LogP contribution is -1.85. The number of hydrogen-bond acceptors (Lipinski definition) is 0. The fourth-order valence-corrected chi connectivity index (χ4v) is 5.97. The van der Waals surface area contributed by atoms with Crippen molar-refractivity contribution in [2.24, 2.45) is 0 Å². The van der Waals surface area contributed by atoms with Crippen LogP contribution in [0.2, 0.25) is 0 Å². The van der Waals surface area contributed by atoms with Crippen LogP contribution in [0.1, 0.15) is 0 Å². The van der Waals surface area contributed by atoms with Crippen molar-refractivity contribution in [1.82, 2.24) is 0 Å². The SMILES string of the molecule is c1ccc2cc3cc4cc(-c5cccc6c5ccc5c7ccccc7ccc65)ccc4cc3cc2c1. The zero-order valence-corrected chi connectivity index (χ0v) is 19.7. The monoisotopic (exact) mass is 454 g/mol. The molecule has 0 saturated carbocycles. The third-order valence-electron chi connectivity index (χ3n) is 7.75. The molecule has 166 valence electrons. The quantitative estimate of drug-likeness (QED) is 0.171. The molecule has 8 aromatic rings. The van der Waals surface area contributed by atoms with Crippen LogP contribution in [0.5, 0.6) is 0 Å². The van der Waals surface area contributed by atoms with E-state index in [1.54, 1.807) is 0 Å². The largest absolute Gasteiger partial charge is 0.0616 e. The molecular formula is C36H22. The van der Waals surface area contributed by atoms with Gasteiger partial charge >= 0.3 is 0 Å². The molecule has 0 radical (unpaired) electrons. The van der Waals surface area contributed by atoms with E-state index in [-0.39, 0.29) is 0 Å². The molecule has 0 nitrogen and oxygen atoms in total. The van der Waals surface area contributed by atoms with Gasteiger partial charge in [-0.3, -0.25) is 0 Å². The van der Waals surface area contributed by atoms with Crippen LogP contribution in [0, 0.1) is 0 Å². The summed E-state index contributed by atoms with van der Waals surface area (Å²) in [6.07, 6.45) is 0. The lowest BCUT2D eigenvalue weighted by Gasteiger charge is -2.12. The molecule has 0 bridgehead atoms. The van der Waals surface area contributed by atoms with E-state index in [2.05, 4.69) is 133 Å². The van der Waals surface area contributed by atoms with Crippen molar-refractivity contribution in [3.8, 4) is 11.1 Å². The average molecular weight is 455 g/mol. The van der Waals surface area contributed by atoms with Gasteiger partial charge in [-0.25, -0.2) is 0 Å². The topological polar surface area (TPSA) is 0 Å². The number of benzene rings is 8. The maximum Gasteiger partial charge on any atom is -0.00987 e. The lowest BCUT2D eigenvalue weighted by atomic mass is 9.91. The molecule has 0 amide bonds. The Balaban J connectivity index is 1.35. The molecule has 0 atom stereocenters. The van der Waals surface area contributed by atoms with Gasteiger partial charge in [-0.05, 0) is 106 Å². The van der Waals surface area contributed by atoms with E-state index in [4.69, 9.17) is 0 Å². The van der Waals surface area contributed by atoms with Gasteiger partial charge in [-0.1, -0.05) is 103 Å². The van der Waals surface area contributed by atoms with Crippen molar-refractivity contribution < 1.29 is 0 Å². The first-order chi connectivity index (χ1) is 17.8. The van der Waals surface area contributed by atoms with Gasteiger partial charge in [0.15, 0.2) is 0 Å². The predicted octanol–water partition coefficient (Wildman–Crippen LogP) is 10.3. The predicted molar refractivity (Wildman–Crippen MR) is 157 cm³/mol. The number of fused-ring (bicyclic) bond motifs is 8. The van der Waals surface area contributed by atoms with Crippen LogP contribution in [-0.2, 0) is 0 Å². The van der Waals surface area contributed by atoms with Crippen LogP contribution < -0.4 is 0 Å². The highest BCUT2D eigenvalue weighted by atomic mass is 14.1. The van der Waals surface area contributed by atoms with Gasteiger partial charge in [0.1, 0.15) is 0 Å². The summed E-state index contributed by atoms with van der Waals surface area (Å²) in [5.74, 6) is 0. The fourth-order valence-electron chi connectivity index (χ4n) is 5.97. The van der Waals surface area contributed by atoms with Gasteiger partial charge in [0, 0.05) is 0 Å². The van der Waals surface area contributed by atoms with Gasteiger partial charge < -0.3 is 0 Å². The highest BCUT2D eigenvalue weighted by molar-refractivity contribution is 6.19. The molecule has 0 unspecified atom stereocenters. The molecule has 0 N–H and O–H groups in total. The fraction of sp³-hybridized carbons (Fsp3) is 0. The average Bonchev–Trinajstić information content (AvgIpc) is 2.94. The molecule has 0 aromatic heterocycles. The maximum atomic E-state index is 2.35. The Morgan fingerprint density at radius 3 is 1.56 bits per heavy atom. The molecule has 8 aromatic carbocycles. The Morgan fingerprint density at radius 2 is 0.750 bits per heavy atom. The van der Waals surface area contributed by atoms with E-state index in [0.29, 0.717) is 0 Å². The van der Waals surface area contributed by atoms with Crippen molar-refractivity contribution in [3.63, 3.8) is 0 Å². The third kappa shape index (κ3) is 2.88. The van der Waals surface area contributed by atoms with Crippen molar-refractivity contribution in [2.75, 3.05) is 0 Å². The second-order valence-electron chi connectivity index (χ2n) is 9.81. The molecule has 0 heterocycles. The van der Waals surface area contributed by atoms with Gasteiger partial charge in [0.2, 0.25) is 0 Å². The second-order valence-corrected chi connectivity index (χ2v) is 9.81. The van der Waals surface area contributed by atoms with Gasteiger partial charge in [-0.15, -0.1) is 0 Å². The summed E-state index contributed by atoms with van der Waals surface area (Å²) in [6.45, 7) is 0. The van der Waals surface area contributed by atoms with Crippen molar-refractivity contribution in [2.45, 2.75) is 0 Å². The molecule has 0 aliphatic carbocycles. The summed E-state index contributed by atoms with van der Waals surface area (Å²) in [5.41, 5.74) is 2.54. The van der Waals surface area contributed by atoms with Crippen LogP contribution in [0.15, 0.2) is 133 Å². The van der Waals surface area contributed by atoms with Gasteiger partial charge in [-0.2, -0.15) is 0 Å². The Kier molecular flexibility index (Phi) is 4.03. The minimum absolute atomic E-state index is 1.26. The molecule has 0 saturated heterocycles. The highest BCUT2D eigenvalue weighted by Gasteiger charge is 2.10. The molecule has 0 spiro atoms. The van der Waals surface area contributed by atoms with Crippen LogP contribution in [0.25, 0.3) is 75.8 Å². The Bertz CT molecular complexity index is 2150. The normalized spacial score (nSPS) is 11.9. The first-order valence-electron chi connectivity index (χ1n) is 12.5. The molecule has 0 heteroatoms. The number of rotatable bonds is 1. The number of hydrogen-bond donors (Lipinski definition) is 0. The summed E-state index contributed by atoms with van der Waals surface area (Å²) >= 11 is 0. The molecule has 0 fully saturated rings. The minimum Gasteiger partial charge on any atom is -0.0616 e. The van der Waals surface area contributed by atoms with Crippen molar-refractivity contribution in [1.29, 1.82) is 0 Å². The molecule has 36 heavy (non-hydrogen) atoms. The van der Waals surface area contributed by atoms with Gasteiger partial charge in [0.25, 0.3) is 0 Å². The zero-order chi connectivity index (χ0) is 23.6. The van der Waals surface area contributed by atoms with Crippen LogP contribution >= 0.6 is 0 Å². The second kappa shape index (κ2) is 7.41. The zero-order valence-electron chi connectivity index (χ0n) is 19.7. The third-order valence-corrected chi connectivity index (χ3v) is 7.75. The smallest absolute Gasteiger partial charge is 0.00987 e. The molecule has 0 aliphatic rings. The minimum atomic E-state index is 1.26. The van der Waals surface area contributed by atoms with Crippen LogP contribution in [-0.4, -0.2) is 0 Å².